The first kappa shape index (κ1) is 54.6. The van der Waals surface area contributed by atoms with Crippen molar-refractivity contribution in [3.63, 3.8) is 0 Å². The predicted molar refractivity (Wildman–Crippen MR) is 387 cm³/mol. The van der Waals surface area contributed by atoms with Crippen molar-refractivity contribution in [2.24, 2.45) is 0 Å². The van der Waals surface area contributed by atoms with Gasteiger partial charge in [0.2, 0.25) is 6.67 Å². The van der Waals surface area contributed by atoms with Crippen LogP contribution in [0.1, 0.15) is 34.9 Å². The third kappa shape index (κ3) is 9.24. The van der Waals surface area contributed by atoms with Gasteiger partial charge >= 0.3 is 0 Å². The van der Waals surface area contributed by atoms with E-state index in [1.165, 1.54) is 0 Å². The number of pyridine rings is 4. The number of halogens is 2. The van der Waals surface area contributed by atoms with Crippen LogP contribution in [0.5, 0.6) is 0 Å². The minimum Gasteiger partial charge on any atom is -0.325 e. The van der Waals surface area contributed by atoms with Gasteiger partial charge in [-0.2, -0.15) is 0 Å². The maximum Gasteiger partial charge on any atom is 0.210 e. The van der Waals surface area contributed by atoms with Crippen LogP contribution in [0.3, 0.4) is 0 Å². The average molecular weight is 1230 g/mol. The van der Waals surface area contributed by atoms with Gasteiger partial charge in [-0.15, -0.1) is 0 Å². The first-order chi connectivity index (χ1) is 45.9. The fourth-order valence-corrected chi connectivity index (χ4v) is 14.8. The van der Waals surface area contributed by atoms with Crippen LogP contribution in [-0.2, 0) is 0 Å². The van der Waals surface area contributed by atoms with Crippen LogP contribution in [-0.4, -0.2) is 19.9 Å². The Hall–Kier alpha value is -11.3. The van der Waals surface area contributed by atoms with Gasteiger partial charge in [-0.3, -0.25) is 19.9 Å². The zero-order valence-electron chi connectivity index (χ0n) is 50.0. The van der Waals surface area contributed by atoms with E-state index in [-0.39, 0.29) is 0 Å². The normalized spacial score (nSPS) is 12.5. The van der Waals surface area contributed by atoms with E-state index in [9.17, 15) is 0 Å². The Bertz CT molecular complexity index is 4940. The minimum atomic E-state index is -0.645. The van der Waals surface area contributed by atoms with E-state index < -0.39 is 12.1 Å². The van der Waals surface area contributed by atoms with E-state index in [1.54, 1.807) is 0 Å². The molecule has 0 fully saturated rings. The molecule has 0 bridgehead atoms. The second-order valence-corrected chi connectivity index (χ2v) is 24.9. The van der Waals surface area contributed by atoms with Crippen molar-refractivity contribution in [3.05, 3.63) is 343 Å². The van der Waals surface area contributed by atoms with Crippen LogP contribution in [0.25, 0.3) is 131 Å². The molecule has 0 unspecified atom stereocenters. The molecule has 5 heterocycles. The molecule has 6 nitrogen and oxygen atoms in total. The highest BCUT2D eigenvalue weighted by Gasteiger charge is 2.41. The first-order valence-corrected chi connectivity index (χ1v) is 32.0. The molecular formula is C85H52Cl2N6. The highest BCUT2D eigenvalue weighted by atomic mass is 35.5. The molecule has 2 radical (unpaired) electrons. The van der Waals surface area contributed by atoms with Gasteiger partial charge in [-0.05, 0) is 169 Å². The van der Waals surface area contributed by atoms with Crippen molar-refractivity contribution < 1.29 is 0 Å². The summed E-state index contributed by atoms with van der Waals surface area (Å²) in [6.45, 7) is 3.97. The molecule has 1 aliphatic heterocycles. The molecule has 0 saturated heterocycles. The van der Waals surface area contributed by atoms with Crippen LogP contribution in [0, 0.1) is 6.67 Å². The number of benzene rings is 13. The molecule has 13 aromatic carbocycles. The Kier molecular flexibility index (Phi) is 13.1. The van der Waals surface area contributed by atoms with Gasteiger partial charge in [-0.25, -0.2) is 0 Å². The number of hydrogen-bond donors (Lipinski definition) is 0. The lowest BCUT2D eigenvalue weighted by atomic mass is 9.92. The van der Waals surface area contributed by atoms with E-state index in [4.69, 9.17) is 43.1 Å². The highest BCUT2D eigenvalue weighted by molar-refractivity contribution is 6.42. The molecule has 8 heteroatoms. The number of nitrogens with zero attached hydrogens (tertiary/aromatic N) is 6. The number of rotatable bonds is 10. The average Bonchev–Trinajstić information content (AvgIpc) is 1.73. The van der Waals surface area contributed by atoms with Crippen molar-refractivity contribution in [1.29, 1.82) is 0 Å². The molecule has 4 aromatic heterocycles. The lowest BCUT2D eigenvalue weighted by Crippen LogP contribution is -2.33. The summed E-state index contributed by atoms with van der Waals surface area (Å²) in [6, 6.07) is 97.7. The SMILES string of the molecule is Clc1cc2c(cc1Cl)N(C(c1ccc(-c3c4ccccc4cc4ccccc34)cn1)c1ccc(-c3c4ccccc4cc4ccccc34)cn1)[C]N2C(c1ccc(-c2c3ccccc3cc3ccccc23)cn1)c1ccc(-c2c3ccccc3cc3ccccc23)cn1. The van der Waals surface area contributed by atoms with Crippen LogP contribution in [0.15, 0.2) is 304 Å². The predicted octanol–water partition coefficient (Wildman–Crippen LogP) is 22.7. The Labute approximate surface area is 546 Å². The summed E-state index contributed by atoms with van der Waals surface area (Å²) in [6.07, 6.45) is 8.03. The summed E-state index contributed by atoms with van der Waals surface area (Å²) in [7, 11) is 0. The molecule has 0 amide bonds. The van der Waals surface area contributed by atoms with Gasteiger partial charge in [0.25, 0.3) is 0 Å². The Morgan fingerprint density at radius 1 is 0.247 bits per heavy atom. The van der Waals surface area contributed by atoms with Crippen molar-refractivity contribution >= 4 is 121 Å². The van der Waals surface area contributed by atoms with Crippen molar-refractivity contribution in [2.75, 3.05) is 9.80 Å². The van der Waals surface area contributed by atoms with E-state index in [0.29, 0.717) is 10.0 Å². The lowest BCUT2D eigenvalue weighted by molar-refractivity contribution is 0.681. The molecule has 0 N–H and O–H groups in total. The Balaban J connectivity index is 0.820. The third-order valence-electron chi connectivity index (χ3n) is 18.8. The molecule has 436 valence electrons. The maximum absolute atomic E-state index is 7.24. The number of hydrogen-bond acceptors (Lipinski definition) is 6. The van der Waals surface area contributed by atoms with Crippen LogP contribution >= 0.6 is 23.2 Å². The fraction of sp³-hybridized carbons (Fsp3) is 0.0235. The second-order valence-electron chi connectivity index (χ2n) is 24.1. The number of fused-ring (bicyclic) bond motifs is 9. The van der Waals surface area contributed by atoms with E-state index in [1.807, 2.05) is 36.9 Å². The van der Waals surface area contributed by atoms with E-state index >= 15 is 0 Å². The molecule has 18 rings (SSSR count). The summed E-state index contributed by atoms with van der Waals surface area (Å²) in [5.74, 6) is 0. The van der Waals surface area contributed by atoms with Gasteiger partial charge in [0, 0.05) is 47.0 Å². The van der Waals surface area contributed by atoms with Crippen LogP contribution in [0.4, 0.5) is 11.4 Å². The largest absolute Gasteiger partial charge is 0.325 e. The van der Waals surface area contributed by atoms with Crippen molar-refractivity contribution in [2.45, 2.75) is 12.1 Å². The van der Waals surface area contributed by atoms with Gasteiger partial charge < -0.3 is 9.80 Å². The summed E-state index contributed by atoms with van der Waals surface area (Å²) in [5.41, 5.74) is 13.0. The zero-order chi connectivity index (χ0) is 61.7. The molecule has 0 aliphatic carbocycles. The number of anilines is 2. The molecule has 0 spiro atoms. The summed E-state index contributed by atoms with van der Waals surface area (Å²) in [5, 5.41) is 19.3. The maximum atomic E-state index is 7.24. The summed E-state index contributed by atoms with van der Waals surface area (Å²) >= 11 is 14.5. The van der Waals surface area contributed by atoms with Crippen LogP contribution in [0.2, 0.25) is 10.0 Å². The Morgan fingerprint density at radius 2 is 0.452 bits per heavy atom. The topological polar surface area (TPSA) is 58.0 Å². The monoisotopic (exact) mass is 1230 g/mol. The van der Waals surface area contributed by atoms with Gasteiger partial charge in [-0.1, -0.05) is 242 Å². The molecule has 0 saturated carbocycles. The minimum absolute atomic E-state index is 0.395. The molecule has 0 atom stereocenters. The fourth-order valence-electron chi connectivity index (χ4n) is 14.5. The third-order valence-corrected chi connectivity index (χ3v) is 19.5. The standard InChI is InChI=1S/C85H52Cl2N6/c86-72-45-78-79(46-73(72)87)93(85(76-39-35-62(49-90-76)82-68-29-13-5-21-56(68)43-57-22-6-14-30-69(57)82)77-40-36-63(50-91-77)83-70-31-15-7-23-58(70)44-59-24-8-16-32-71(59)83)51-92(78)84(74-37-33-60(47-88-74)80-64-25-9-1-17-52(64)41-53-18-2-10-26-65(53)80)75-38-34-61(48-89-75)81-66-27-11-3-19-54(66)42-55-20-4-12-28-67(55)81/h1-50,84-85H. The summed E-state index contributed by atoms with van der Waals surface area (Å²) < 4.78 is 0. The first-order valence-electron chi connectivity index (χ1n) is 31.3. The molecular weight excluding hydrogens is 1180 g/mol. The summed E-state index contributed by atoms with van der Waals surface area (Å²) in [4.78, 5) is 26.2. The zero-order valence-corrected chi connectivity index (χ0v) is 51.5. The number of aromatic nitrogens is 4. The van der Waals surface area contributed by atoms with Gasteiger partial charge in [0.05, 0.1) is 44.2 Å². The van der Waals surface area contributed by atoms with E-state index in [0.717, 1.165) is 165 Å². The van der Waals surface area contributed by atoms with Crippen molar-refractivity contribution in [3.8, 4) is 44.5 Å². The second kappa shape index (κ2) is 22.3. The Morgan fingerprint density at radius 3 is 0.645 bits per heavy atom. The van der Waals surface area contributed by atoms with E-state index in [2.05, 4.69) is 283 Å². The van der Waals surface area contributed by atoms with Crippen LogP contribution < -0.4 is 9.80 Å². The molecule has 1 aliphatic rings. The van der Waals surface area contributed by atoms with Crippen molar-refractivity contribution in [1.82, 2.24) is 19.9 Å². The lowest BCUT2D eigenvalue weighted by Gasteiger charge is -2.31. The molecule has 93 heavy (non-hydrogen) atoms. The quantitative estimate of drug-likeness (QED) is 0.127. The molecule has 17 aromatic rings. The van der Waals surface area contributed by atoms with Gasteiger partial charge in [0.15, 0.2) is 0 Å². The smallest absolute Gasteiger partial charge is 0.210 e. The van der Waals surface area contributed by atoms with Gasteiger partial charge in [0.1, 0.15) is 12.1 Å². The highest BCUT2D eigenvalue weighted by Crippen LogP contribution is 2.52.